The van der Waals surface area contributed by atoms with Crippen LogP contribution in [0.25, 0.3) is 0 Å². The summed E-state index contributed by atoms with van der Waals surface area (Å²) in [7, 11) is 1.60. The van der Waals surface area contributed by atoms with Gasteiger partial charge in [-0.05, 0) is 30.2 Å². The minimum Gasteiger partial charge on any atom is -0.497 e. The van der Waals surface area contributed by atoms with E-state index >= 15 is 0 Å². The number of hydrogen-bond acceptors (Lipinski definition) is 4. The number of thioether (sulfide) groups is 1. The van der Waals surface area contributed by atoms with E-state index in [0.29, 0.717) is 0 Å². The number of benzene rings is 2. The highest BCUT2D eigenvalue weighted by atomic mass is 32.2. The SMILES string of the molecule is COc1ccc(C(O)CNC(=O)C(C)SCc2ccccc2)cc1. The largest absolute Gasteiger partial charge is 0.497 e. The molecule has 2 rings (SSSR count). The number of ether oxygens (including phenoxy) is 1. The van der Waals surface area contributed by atoms with Gasteiger partial charge in [0, 0.05) is 12.3 Å². The topological polar surface area (TPSA) is 58.6 Å². The van der Waals surface area contributed by atoms with Gasteiger partial charge in [0.05, 0.1) is 18.5 Å². The summed E-state index contributed by atoms with van der Waals surface area (Å²) >= 11 is 1.58. The van der Waals surface area contributed by atoms with Gasteiger partial charge in [0.1, 0.15) is 5.75 Å². The van der Waals surface area contributed by atoms with Crippen LogP contribution >= 0.6 is 11.8 Å². The van der Waals surface area contributed by atoms with Crippen molar-refractivity contribution in [2.75, 3.05) is 13.7 Å². The van der Waals surface area contributed by atoms with Crippen molar-refractivity contribution in [2.24, 2.45) is 0 Å². The molecule has 0 radical (unpaired) electrons. The Morgan fingerprint density at radius 2 is 1.83 bits per heavy atom. The minimum atomic E-state index is -0.730. The third kappa shape index (κ3) is 5.58. The zero-order valence-corrected chi connectivity index (χ0v) is 14.8. The number of methoxy groups -OCH3 is 1. The maximum absolute atomic E-state index is 12.1. The molecule has 0 aliphatic rings. The summed E-state index contributed by atoms with van der Waals surface area (Å²) in [6.07, 6.45) is -0.730. The van der Waals surface area contributed by atoms with E-state index in [1.807, 2.05) is 37.3 Å². The lowest BCUT2D eigenvalue weighted by Gasteiger charge is -2.15. The fraction of sp³-hybridized carbons (Fsp3) is 0.316. The molecule has 2 atom stereocenters. The summed E-state index contributed by atoms with van der Waals surface area (Å²) in [6, 6.07) is 17.2. The molecule has 0 bridgehead atoms. The molecule has 1 amide bonds. The maximum Gasteiger partial charge on any atom is 0.232 e. The molecule has 5 heteroatoms. The lowest BCUT2D eigenvalue weighted by atomic mass is 10.1. The van der Waals surface area contributed by atoms with Gasteiger partial charge >= 0.3 is 0 Å². The quantitative estimate of drug-likeness (QED) is 0.771. The Hall–Kier alpha value is -1.98. The van der Waals surface area contributed by atoms with Gasteiger partial charge in [-0.3, -0.25) is 4.79 Å². The Kier molecular flexibility index (Phi) is 7.15. The summed E-state index contributed by atoms with van der Waals surface area (Å²) in [5.74, 6) is 1.46. The molecular weight excluding hydrogens is 322 g/mol. The van der Waals surface area contributed by atoms with E-state index in [1.54, 1.807) is 43.1 Å². The lowest BCUT2D eigenvalue weighted by molar-refractivity contribution is -0.120. The molecule has 0 saturated heterocycles. The van der Waals surface area contributed by atoms with Gasteiger partial charge < -0.3 is 15.2 Å². The Morgan fingerprint density at radius 3 is 2.46 bits per heavy atom. The van der Waals surface area contributed by atoms with Gasteiger partial charge in [0.25, 0.3) is 0 Å². The van der Waals surface area contributed by atoms with E-state index in [0.717, 1.165) is 17.1 Å². The first-order chi connectivity index (χ1) is 11.6. The Balaban J connectivity index is 1.76. The van der Waals surface area contributed by atoms with Crippen LogP contribution in [0.2, 0.25) is 0 Å². The van der Waals surface area contributed by atoms with Crippen molar-refractivity contribution in [2.45, 2.75) is 24.0 Å². The normalized spacial score (nSPS) is 13.1. The fourth-order valence-corrected chi connectivity index (χ4v) is 3.03. The summed E-state index contributed by atoms with van der Waals surface area (Å²) < 4.78 is 5.09. The van der Waals surface area contributed by atoms with Crippen LogP contribution in [0.15, 0.2) is 54.6 Å². The van der Waals surface area contributed by atoms with Crippen LogP contribution in [0.4, 0.5) is 0 Å². The molecule has 0 heterocycles. The highest BCUT2D eigenvalue weighted by molar-refractivity contribution is 7.99. The molecule has 128 valence electrons. The second-order valence-corrected chi connectivity index (χ2v) is 6.80. The van der Waals surface area contributed by atoms with Crippen LogP contribution in [0.3, 0.4) is 0 Å². The van der Waals surface area contributed by atoms with Gasteiger partial charge in [-0.2, -0.15) is 0 Å². The number of carbonyl (C=O) groups excluding carboxylic acids is 1. The average molecular weight is 345 g/mol. The summed E-state index contributed by atoms with van der Waals surface area (Å²) in [5.41, 5.74) is 1.95. The van der Waals surface area contributed by atoms with Crippen molar-refractivity contribution in [3.8, 4) is 5.75 Å². The van der Waals surface area contributed by atoms with Crippen molar-refractivity contribution in [3.63, 3.8) is 0 Å². The molecule has 2 aromatic rings. The number of hydrogen-bond donors (Lipinski definition) is 2. The van der Waals surface area contributed by atoms with Gasteiger partial charge in [0.15, 0.2) is 0 Å². The van der Waals surface area contributed by atoms with Crippen LogP contribution in [-0.4, -0.2) is 29.9 Å². The standard InChI is InChI=1S/C19H23NO3S/c1-14(24-13-15-6-4-3-5-7-15)19(22)20-12-18(21)16-8-10-17(23-2)11-9-16/h3-11,14,18,21H,12-13H2,1-2H3,(H,20,22). The number of nitrogens with one attached hydrogen (secondary N) is 1. The summed E-state index contributed by atoms with van der Waals surface area (Å²) in [6.45, 7) is 2.07. The Morgan fingerprint density at radius 1 is 1.17 bits per heavy atom. The van der Waals surface area contributed by atoms with E-state index < -0.39 is 6.10 Å². The molecule has 2 unspecified atom stereocenters. The van der Waals surface area contributed by atoms with E-state index in [2.05, 4.69) is 5.32 Å². The lowest BCUT2D eigenvalue weighted by Crippen LogP contribution is -2.34. The first-order valence-corrected chi connectivity index (χ1v) is 8.90. The molecule has 0 aliphatic heterocycles. The zero-order valence-electron chi connectivity index (χ0n) is 13.9. The Labute approximate surface area is 147 Å². The first kappa shape index (κ1) is 18.4. The van der Waals surface area contributed by atoms with E-state index in [4.69, 9.17) is 4.74 Å². The van der Waals surface area contributed by atoms with Crippen LogP contribution in [0, 0.1) is 0 Å². The van der Waals surface area contributed by atoms with Gasteiger partial charge in [-0.25, -0.2) is 0 Å². The number of aliphatic hydroxyl groups excluding tert-OH is 1. The van der Waals surface area contributed by atoms with E-state index in [1.165, 1.54) is 5.56 Å². The summed E-state index contributed by atoms with van der Waals surface area (Å²) in [4.78, 5) is 12.1. The van der Waals surface area contributed by atoms with Crippen LogP contribution < -0.4 is 10.1 Å². The van der Waals surface area contributed by atoms with Gasteiger partial charge in [-0.1, -0.05) is 42.5 Å². The van der Waals surface area contributed by atoms with E-state index in [9.17, 15) is 9.90 Å². The molecule has 0 aromatic heterocycles. The molecule has 2 aromatic carbocycles. The highest BCUT2D eigenvalue weighted by Gasteiger charge is 2.15. The van der Waals surface area contributed by atoms with Crippen molar-refractivity contribution in [1.29, 1.82) is 0 Å². The number of carbonyl (C=O) groups is 1. The predicted molar refractivity (Wildman–Crippen MR) is 98.2 cm³/mol. The van der Waals surface area contributed by atoms with Crippen molar-refractivity contribution in [3.05, 3.63) is 65.7 Å². The maximum atomic E-state index is 12.1. The van der Waals surface area contributed by atoms with Crippen molar-refractivity contribution < 1.29 is 14.6 Å². The molecule has 0 spiro atoms. The third-order valence-corrected chi connectivity index (χ3v) is 4.90. The molecule has 4 nitrogen and oxygen atoms in total. The highest BCUT2D eigenvalue weighted by Crippen LogP contribution is 2.19. The minimum absolute atomic E-state index is 0.0662. The smallest absolute Gasteiger partial charge is 0.232 e. The number of aliphatic hydroxyl groups is 1. The second-order valence-electron chi connectivity index (χ2n) is 5.47. The molecule has 2 N–H and O–H groups in total. The number of rotatable bonds is 8. The predicted octanol–water partition coefficient (Wildman–Crippen LogP) is 3.17. The van der Waals surface area contributed by atoms with Gasteiger partial charge in [-0.15, -0.1) is 11.8 Å². The number of amides is 1. The van der Waals surface area contributed by atoms with Gasteiger partial charge in [0.2, 0.25) is 5.91 Å². The Bertz CT molecular complexity index is 631. The first-order valence-electron chi connectivity index (χ1n) is 7.85. The molecule has 0 fully saturated rings. The van der Waals surface area contributed by atoms with Crippen LogP contribution in [-0.2, 0) is 10.5 Å². The van der Waals surface area contributed by atoms with Crippen LogP contribution in [0.1, 0.15) is 24.2 Å². The average Bonchev–Trinajstić information content (AvgIpc) is 2.64. The molecule has 0 aliphatic carbocycles. The molecule has 0 saturated carbocycles. The van der Waals surface area contributed by atoms with Crippen molar-refractivity contribution >= 4 is 17.7 Å². The third-order valence-electron chi connectivity index (χ3n) is 3.68. The fourth-order valence-electron chi connectivity index (χ4n) is 2.16. The zero-order chi connectivity index (χ0) is 17.4. The van der Waals surface area contributed by atoms with Crippen LogP contribution in [0.5, 0.6) is 5.75 Å². The van der Waals surface area contributed by atoms with E-state index in [-0.39, 0.29) is 17.7 Å². The molecular formula is C19H23NO3S. The summed E-state index contributed by atoms with van der Waals surface area (Å²) in [5, 5.41) is 12.8. The monoisotopic (exact) mass is 345 g/mol. The second kappa shape index (κ2) is 9.35. The molecule has 24 heavy (non-hydrogen) atoms. The van der Waals surface area contributed by atoms with Crippen molar-refractivity contribution in [1.82, 2.24) is 5.32 Å².